The highest BCUT2D eigenvalue weighted by Crippen LogP contribution is 2.33. The molecule has 1 unspecified atom stereocenters. The van der Waals surface area contributed by atoms with Crippen molar-refractivity contribution in [2.24, 2.45) is 5.41 Å². The van der Waals surface area contributed by atoms with E-state index in [2.05, 4.69) is 20.3 Å². The van der Waals surface area contributed by atoms with Gasteiger partial charge in [-0.05, 0) is 37.0 Å². The van der Waals surface area contributed by atoms with Gasteiger partial charge in [0.25, 0.3) is 10.0 Å². The Hall–Kier alpha value is -3.93. The van der Waals surface area contributed by atoms with Crippen LogP contribution in [0.15, 0.2) is 53.8 Å². The van der Waals surface area contributed by atoms with Gasteiger partial charge in [0.15, 0.2) is 23.1 Å². The number of halogens is 2. The van der Waals surface area contributed by atoms with Gasteiger partial charge >= 0.3 is 5.97 Å². The Morgan fingerprint density at radius 3 is 2.47 bits per heavy atom. The summed E-state index contributed by atoms with van der Waals surface area (Å²) in [5, 5.41) is 12.4. The number of hydrogen-bond donors (Lipinski definition) is 2. The lowest BCUT2D eigenvalue weighted by molar-refractivity contribution is -0.137. The number of fused-ring (bicyclic) bond motifs is 1. The van der Waals surface area contributed by atoms with Crippen LogP contribution < -0.4 is 5.32 Å². The van der Waals surface area contributed by atoms with Crippen LogP contribution in [0, 0.1) is 24.0 Å². The summed E-state index contributed by atoms with van der Waals surface area (Å²) < 4.78 is 56.9. The molecular formula is C26H27F2N5O4S. The zero-order valence-corrected chi connectivity index (χ0v) is 22.1. The molecule has 1 atom stereocenters. The Morgan fingerprint density at radius 1 is 1.16 bits per heavy atom. The number of aliphatic carboxylic acids is 1. The van der Waals surface area contributed by atoms with Gasteiger partial charge in [-0.1, -0.05) is 38.5 Å². The van der Waals surface area contributed by atoms with E-state index in [1.807, 2.05) is 27.7 Å². The molecule has 0 radical (unpaired) electrons. The van der Waals surface area contributed by atoms with Gasteiger partial charge in [-0.15, -0.1) is 0 Å². The number of carboxylic acids is 1. The van der Waals surface area contributed by atoms with E-state index in [1.165, 1.54) is 18.3 Å². The highest BCUT2D eigenvalue weighted by molar-refractivity contribution is 7.90. The monoisotopic (exact) mass is 543 g/mol. The molecule has 0 fully saturated rings. The number of carboxylic acid groups (broad SMARTS) is 1. The number of pyridine rings is 1. The maximum absolute atomic E-state index is 14.8. The first kappa shape index (κ1) is 27.1. The normalized spacial score (nSPS) is 13.0. The number of rotatable bonds is 9. The summed E-state index contributed by atoms with van der Waals surface area (Å²) in [4.78, 5) is 23.7. The second kappa shape index (κ2) is 10.1. The summed E-state index contributed by atoms with van der Waals surface area (Å²) in [5.41, 5.74) is 0.395. The molecule has 4 rings (SSSR count). The van der Waals surface area contributed by atoms with Crippen molar-refractivity contribution >= 4 is 32.8 Å². The molecular weight excluding hydrogens is 516 g/mol. The molecule has 0 saturated carbocycles. The first-order valence-electron chi connectivity index (χ1n) is 11.8. The molecule has 3 aromatic heterocycles. The first-order chi connectivity index (χ1) is 17.8. The van der Waals surface area contributed by atoms with E-state index in [-0.39, 0.29) is 39.6 Å². The highest BCUT2D eigenvalue weighted by Gasteiger charge is 2.31. The molecule has 0 amide bonds. The van der Waals surface area contributed by atoms with Crippen molar-refractivity contribution in [2.45, 2.75) is 51.5 Å². The van der Waals surface area contributed by atoms with Gasteiger partial charge in [0.05, 0.1) is 23.7 Å². The van der Waals surface area contributed by atoms with Gasteiger partial charge in [0.1, 0.15) is 5.82 Å². The highest BCUT2D eigenvalue weighted by atomic mass is 32.2. The Labute approximate surface area is 218 Å². The number of nitrogens with one attached hydrogen (secondary N) is 1. The van der Waals surface area contributed by atoms with Crippen LogP contribution >= 0.6 is 0 Å². The summed E-state index contributed by atoms with van der Waals surface area (Å²) in [6.45, 7) is 7.42. The molecule has 0 saturated heterocycles. The molecule has 3 heterocycles. The van der Waals surface area contributed by atoms with E-state index >= 15 is 0 Å². The standard InChI is InChI=1S/C26H27F2N5O4S/c1-5-26(3,4)21(11-22(34)35)31-24-20(28)13-29-23(32-24)19-14-33(25-18(19)10-16(27)12-30-25)38(36,37)17-8-6-15(2)7-9-17/h6-10,12-14,21H,5,11H2,1-4H3,(H,34,35)(H,29,31,32). The minimum atomic E-state index is -4.13. The average Bonchev–Trinajstić information content (AvgIpc) is 3.24. The number of carbonyl (C=O) groups is 1. The van der Waals surface area contributed by atoms with Crippen molar-refractivity contribution in [3.05, 3.63) is 66.1 Å². The minimum absolute atomic E-state index is 0.00151. The molecule has 0 spiro atoms. The number of benzene rings is 1. The third kappa shape index (κ3) is 5.21. The molecule has 0 aliphatic heterocycles. The zero-order chi connectivity index (χ0) is 27.8. The molecule has 1 aromatic carbocycles. The van der Waals surface area contributed by atoms with E-state index < -0.39 is 39.1 Å². The lowest BCUT2D eigenvalue weighted by atomic mass is 9.80. The van der Waals surface area contributed by atoms with Crippen LogP contribution in [0.1, 0.15) is 39.2 Å². The summed E-state index contributed by atoms with van der Waals surface area (Å²) >= 11 is 0. The molecule has 4 aromatic rings. The molecule has 38 heavy (non-hydrogen) atoms. The zero-order valence-electron chi connectivity index (χ0n) is 21.2. The summed E-state index contributed by atoms with van der Waals surface area (Å²) in [5.74, 6) is -2.95. The largest absolute Gasteiger partial charge is 0.481 e. The van der Waals surface area contributed by atoms with Crippen LogP contribution in [-0.4, -0.2) is 44.5 Å². The lowest BCUT2D eigenvalue weighted by Crippen LogP contribution is -2.38. The van der Waals surface area contributed by atoms with Crippen molar-refractivity contribution in [1.82, 2.24) is 18.9 Å². The fraction of sp³-hybridized carbons (Fsp3) is 0.308. The third-order valence-corrected chi connectivity index (χ3v) is 8.35. The molecule has 0 aliphatic carbocycles. The second-order valence-electron chi connectivity index (χ2n) is 9.71. The van der Waals surface area contributed by atoms with Crippen LogP contribution in [0.4, 0.5) is 14.6 Å². The predicted octanol–water partition coefficient (Wildman–Crippen LogP) is 5.01. The predicted molar refractivity (Wildman–Crippen MR) is 138 cm³/mol. The molecule has 2 N–H and O–H groups in total. The van der Waals surface area contributed by atoms with Crippen LogP contribution in [0.25, 0.3) is 22.4 Å². The van der Waals surface area contributed by atoms with Crippen molar-refractivity contribution < 1.29 is 27.1 Å². The minimum Gasteiger partial charge on any atom is -0.481 e. The average molecular weight is 544 g/mol. The van der Waals surface area contributed by atoms with Crippen molar-refractivity contribution in [3.63, 3.8) is 0 Å². The quantitative estimate of drug-likeness (QED) is 0.302. The van der Waals surface area contributed by atoms with Crippen molar-refractivity contribution in [2.75, 3.05) is 5.32 Å². The van der Waals surface area contributed by atoms with Gasteiger partial charge in [0.2, 0.25) is 0 Å². The number of anilines is 1. The smallest absolute Gasteiger partial charge is 0.305 e. The van der Waals surface area contributed by atoms with Gasteiger partial charge in [-0.2, -0.15) is 0 Å². The van der Waals surface area contributed by atoms with Gasteiger partial charge in [0, 0.05) is 23.2 Å². The topological polar surface area (TPSA) is 127 Å². The van der Waals surface area contributed by atoms with Crippen molar-refractivity contribution in [1.29, 1.82) is 0 Å². The Morgan fingerprint density at radius 2 is 1.84 bits per heavy atom. The SMILES string of the molecule is CCC(C)(C)C(CC(=O)O)Nc1nc(-c2cn(S(=O)(=O)c3ccc(C)cc3)c3ncc(F)cc23)ncc1F. The van der Waals surface area contributed by atoms with Gasteiger partial charge in [-0.3, -0.25) is 4.79 Å². The fourth-order valence-electron chi connectivity index (χ4n) is 3.95. The van der Waals surface area contributed by atoms with E-state index in [9.17, 15) is 27.1 Å². The molecule has 9 nitrogen and oxygen atoms in total. The summed E-state index contributed by atoms with van der Waals surface area (Å²) in [7, 11) is -4.13. The van der Waals surface area contributed by atoms with Crippen molar-refractivity contribution in [3.8, 4) is 11.4 Å². The maximum Gasteiger partial charge on any atom is 0.305 e. The fourth-order valence-corrected chi connectivity index (χ4v) is 5.27. The molecule has 0 bridgehead atoms. The van der Waals surface area contributed by atoms with E-state index in [1.54, 1.807) is 12.1 Å². The molecule has 0 aliphatic rings. The van der Waals surface area contributed by atoms with Crippen LogP contribution in [0.2, 0.25) is 0 Å². The number of hydrogen-bond acceptors (Lipinski definition) is 7. The third-order valence-electron chi connectivity index (χ3n) is 6.69. The second-order valence-corrected chi connectivity index (χ2v) is 11.5. The van der Waals surface area contributed by atoms with E-state index in [0.717, 1.165) is 28.0 Å². The summed E-state index contributed by atoms with van der Waals surface area (Å²) in [6.07, 6.45) is 3.32. The van der Waals surface area contributed by atoms with E-state index in [4.69, 9.17) is 0 Å². The van der Waals surface area contributed by atoms with Gasteiger partial charge < -0.3 is 10.4 Å². The lowest BCUT2D eigenvalue weighted by Gasteiger charge is -2.33. The molecule has 12 heteroatoms. The maximum atomic E-state index is 14.8. The Bertz CT molecular complexity index is 1620. The van der Waals surface area contributed by atoms with Gasteiger partial charge in [-0.25, -0.2) is 36.1 Å². The van der Waals surface area contributed by atoms with Crippen LogP contribution in [-0.2, 0) is 14.8 Å². The molecule has 200 valence electrons. The summed E-state index contributed by atoms with van der Waals surface area (Å²) in [6, 6.07) is 6.64. The Balaban J connectivity index is 1.86. The number of nitrogens with zero attached hydrogens (tertiary/aromatic N) is 4. The Kier molecular flexibility index (Phi) is 7.20. The van der Waals surface area contributed by atoms with Crippen LogP contribution in [0.5, 0.6) is 0 Å². The number of aromatic nitrogens is 4. The number of aryl methyl sites for hydroxylation is 1. The van der Waals surface area contributed by atoms with E-state index in [0.29, 0.717) is 6.42 Å². The van der Waals surface area contributed by atoms with Crippen LogP contribution in [0.3, 0.4) is 0 Å². The first-order valence-corrected chi connectivity index (χ1v) is 13.3.